The van der Waals surface area contributed by atoms with Crippen LogP contribution in [0.15, 0.2) is 52.3 Å². The number of sulfone groups is 1. The average Bonchev–Trinajstić information content (AvgIpc) is 3.19. The summed E-state index contributed by atoms with van der Waals surface area (Å²) in [5.41, 5.74) is -0.167. The molecule has 1 aliphatic rings. The third kappa shape index (κ3) is 4.90. The fourth-order valence-electron chi connectivity index (χ4n) is 4.12. The number of rotatable bonds is 5. The normalized spacial score (nSPS) is 19.1. The van der Waals surface area contributed by atoms with Crippen molar-refractivity contribution in [3.05, 3.63) is 47.5 Å². The molecule has 1 unspecified atom stereocenters. The number of halogens is 6. The van der Waals surface area contributed by atoms with Gasteiger partial charge in [-0.3, -0.25) is 0 Å². The minimum absolute atomic E-state index is 0.113. The lowest BCUT2D eigenvalue weighted by atomic mass is 9.97. The third-order valence-corrected chi connectivity index (χ3v) is 10.2. The Bertz CT molecular complexity index is 1550. The van der Waals surface area contributed by atoms with Crippen LogP contribution in [0.1, 0.15) is 26.7 Å². The number of hydrogen-bond acceptors (Lipinski definition) is 6. The van der Waals surface area contributed by atoms with Gasteiger partial charge in [-0.05, 0) is 50.2 Å². The van der Waals surface area contributed by atoms with Gasteiger partial charge in [0.25, 0.3) is 15.9 Å². The van der Waals surface area contributed by atoms with Crippen molar-refractivity contribution in [3.8, 4) is 0 Å². The zero-order chi connectivity index (χ0) is 27.6. The van der Waals surface area contributed by atoms with E-state index < -0.39 is 68.5 Å². The lowest BCUT2D eigenvalue weighted by molar-refractivity contribution is -0.175. The number of nitrogens with zero attached hydrogens (tertiary/aromatic N) is 3. The van der Waals surface area contributed by atoms with E-state index in [1.165, 1.54) is 32.0 Å². The molecule has 15 heteroatoms. The van der Waals surface area contributed by atoms with Crippen molar-refractivity contribution in [2.75, 3.05) is 11.4 Å². The summed E-state index contributed by atoms with van der Waals surface area (Å²) in [6, 6.07) is 5.63. The van der Waals surface area contributed by atoms with Crippen LogP contribution >= 0.6 is 11.6 Å². The summed E-state index contributed by atoms with van der Waals surface area (Å²) in [6.07, 6.45) is -7.47. The SMILES string of the molecule is CC(C)S(=O)(=O)c1ccc(S(=O)(=O)n2nc(N3CCC(F)(F)CC3C(F)(F)F)c3c(Cl)cccc32)cc1. The second-order valence-corrected chi connectivity index (χ2v) is 13.6. The first kappa shape index (κ1) is 27.6. The van der Waals surface area contributed by atoms with Gasteiger partial charge in [0.2, 0.25) is 0 Å². The molecular weight excluding hydrogens is 565 g/mol. The van der Waals surface area contributed by atoms with Gasteiger partial charge >= 0.3 is 6.18 Å². The summed E-state index contributed by atoms with van der Waals surface area (Å²) in [4.78, 5) is 0.108. The van der Waals surface area contributed by atoms with Gasteiger partial charge in [-0.25, -0.2) is 17.2 Å². The molecule has 0 N–H and O–H groups in total. The molecule has 0 bridgehead atoms. The number of alkyl halides is 5. The standard InChI is InChI=1S/C22H21ClF5N3O4S2/c1-13(2)36(32,33)14-6-8-15(9-7-14)37(34,35)31-17-5-3-4-16(23)19(17)20(29-31)30-11-10-21(24,25)12-18(30)22(26,27)28/h3-9,13,18H,10-12H2,1-2H3. The zero-order valence-electron chi connectivity index (χ0n) is 19.4. The maximum atomic E-state index is 13.9. The summed E-state index contributed by atoms with van der Waals surface area (Å²) < 4.78 is 121. The Labute approximate surface area is 214 Å². The Hall–Kier alpha value is -2.45. The molecule has 4 rings (SSSR count). The first-order valence-corrected chi connectivity index (χ1v) is 14.3. The molecule has 0 spiro atoms. The Kier molecular flexibility index (Phi) is 6.77. The minimum atomic E-state index is -5.06. The van der Waals surface area contributed by atoms with Crippen LogP contribution in [-0.2, 0) is 19.9 Å². The van der Waals surface area contributed by atoms with Crippen molar-refractivity contribution in [1.82, 2.24) is 9.19 Å². The van der Waals surface area contributed by atoms with Crippen LogP contribution in [-0.4, -0.2) is 56.0 Å². The van der Waals surface area contributed by atoms with E-state index in [1.807, 2.05) is 0 Å². The highest BCUT2D eigenvalue weighted by atomic mass is 35.5. The van der Waals surface area contributed by atoms with E-state index in [-0.39, 0.29) is 25.7 Å². The fourth-order valence-corrected chi connectivity index (χ4v) is 6.71. The van der Waals surface area contributed by atoms with Gasteiger partial charge in [0.05, 0.1) is 31.0 Å². The van der Waals surface area contributed by atoms with Crippen molar-refractivity contribution < 1.29 is 38.8 Å². The monoisotopic (exact) mass is 585 g/mol. The molecule has 1 fully saturated rings. The van der Waals surface area contributed by atoms with E-state index >= 15 is 0 Å². The summed E-state index contributed by atoms with van der Waals surface area (Å²) in [5, 5.41) is 2.92. The van der Waals surface area contributed by atoms with E-state index in [0.717, 1.165) is 24.3 Å². The number of fused-ring (bicyclic) bond motifs is 1. The number of aromatic nitrogens is 2. The number of anilines is 1. The largest absolute Gasteiger partial charge is 0.409 e. The summed E-state index contributed by atoms with van der Waals surface area (Å²) in [6.45, 7) is 2.19. The van der Waals surface area contributed by atoms with Crippen LogP contribution in [0.4, 0.5) is 27.8 Å². The maximum Gasteiger partial charge on any atom is 0.409 e. The van der Waals surface area contributed by atoms with Crippen LogP contribution in [0.2, 0.25) is 5.02 Å². The number of piperidine rings is 1. The lowest BCUT2D eigenvalue weighted by Crippen LogP contribution is -2.54. The van der Waals surface area contributed by atoms with Crippen molar-refractivity contribution in [2.45, 2.75) is 59.9 Å². The molecule has 7 nitrogen and oxygen atoms in total. The molecule has 1 aliphatic heterocycles. The third-order valence-electron chi connectivity index (χ3n) is 6.14. The highest BCUT2D eigenvalue weighted by Gasteiger charge is 2.53. The van der Waals surface area contributed by atoms with Crippen LogP contribution in [0, 0.1) is 0 Å². The molecule has 202 valence electrons. The average molecular weight is 586 g/mol. The van der Waals surface area contributed by atoms with Crippen LogP contribution < -0.4 is 4.90 Å². The molecule has 0 amide bonds. The van der Waals surface area contributed by atoms with E-state index in [2.05, 4.69) is 5.10 Å². The van der Waals surface area contributed by atoms with Crippen molar-refractivity contribution >= 4 is 48.2 Å². The predicted octanol–water partition coefficient (Wildman–Crippen LogP) is 5.28. The fraction of sp³-hybridized carbons (Fsp3) is 0.409. The smallest absolute Gasteiger partial charge is 0.342 e. The molecule has 2 heterocycles. The first-order chi connectivity index (χ1) is 17.0. The molecule has 1 atom stereocenters. The quantitative estimate of drug-likeness (QED) is 0.379. The molecular formula is C22H21ClF5N3O4S2. The molecule has 37 heavy (non-hydrogen) atoms. The Morgan fingerprint density at radius 1 is 1.03 bits per heavy atom. The van der Waals surface area contributed by atoms with Gasteiger partial charge in [0.15, 0.2) is 15.7 Å². The van der Waals surface area contributed by atoms with Gasteiger partial charge in [0.1, 0.15) is 6.04 Å². The molecule has 1 aromatic heterocycles. The van der Waals surface area contributed by atoms with Crippen molar-refractivity contribution in [2.24, 2.45) is 0 Å². The van der Waals surface area contributed by atoms with Crippen molar-refractivity contribution in [3.63, 3.8) is 0 Å². The highest BCUT2D eigenvalue weighted by molar-refractivity contribution is 7.92. The van der Waals surface area contributed by atoms with E-state index in [4.69, 9.17) is 11.6 Å². The van der Waals surface area contributed by atoms with E-state index in [1.54, 1.807) is 0 Å². The Morgan fingerprint density at radius 2 is 1.62 bits per heavy atom. The zero-order valence-corrected chi connectivity index (χ0v) is 21.8. The van der Waals surface area contributed by atoms with Gasteiger partial charge < -0.3 is 4.90 Å². The van der Waals surface area contributed by atoms with Gasteiger partial charge in [-0.1, -0.05) is 17.7 Å². The van der Waals surface area contributed by atoms with Gasteiger partial charge in [-0.15, -0.1) is 5.10 Å². The Balaban J connectivity index is 1.87. The lowest BCUT2D eigenvalue weighted by Gasteiger charge is -2.40. The summed E-state index contributed by atoms with van der Waals surface area (Å²) in [7, 11) is -8.26. The summed E-state index contributed by atoms with van der Waals surface area (Å²) >= 11 is 6.24. The molecule has 0 saturated carbocycles. The second-order valence-electron chi connectivity index (χ2n) is 8.93. The molecule has 2 aromatic carbocycles. The highest BCUT2D eigenvalue weighted by Crippen LogP contribution is 2.44. The Morgan fingerprint density at radius 3 is 2.19 bits per heavy atom. The summed E-state index contributed by atoms with van der Waals surface area (Å²) in [5.74, 6) is -4.07. The topological polar surface area (TPSA) is 89.3 Å². The van der Waals surface area contributed by atoms with E-state index in [9.17, 15) is 38.8 Å². The van der Waals surface area contributed by atoms with Crippen LogP contribution in [0.3, 0.4) is 0 Å². The first-order valence-electron chi connectivity index (χ1n) is 10.9. The van der Waals surface area contributed by atoms with Gasteiger partial charge in [-0.2, -0.15) is 25.7 Å². The van der Waals surface area contributed by atoms with E-state index in [0.29, 0.717) is 8.99 Å². The minimum Gasteiger partial charge on any atom is -0.342 e. The van der Waals surface area contributed by atoms with Crippen molar-refractivity contribution in [1.29, 1.82) is 0 Å². The number of hydrogen-bond donors (Lipinski definition) is 0. The molecule has 0 aliphatic carbocycles. The predicted molar refractivity (Wildman–Crippen MR) is 127 cm³/mol. The van der Waals surface area contributed by atoms with Crippen LogP contribution in [0.25, 0.3) is 10.9 Å². The second kappa shape index (κ2) is 9.09. The maximum absolute atomic E-state index is 13.9. The number of benzene rings is 2. The molecule has 1 saturated heterocycles. The van der Waals surface area contributed by atoms with Crippen LogP contribution in [0.5, 0.6) is 0 Å². The molecule has 0 radical (unpaired) electrons. The molecule has 3 aromatic rings. The van der Waals surface area contributed by atoms with Gasteiger partial charge in [0, 0.05) is 19.4 Å².